The zero-order valence-electron chi connectivity index (χ0n) is 16.2. The number of nitrogens with two attached hydrogens (primary N) is 1. The Morgan fingerprint density at radius 2 is 1.79 bits per heavy atom. The number of carbonyl (C=O) groups is 1. The topological polar surface area (TPSA) is 92.9 Å². The molecule has 1 saturated carbocycles. The van der Waals surface area contributed by atoms with E-state index in [2.05, 4.69) is 4.90 Å². The molecule has 2 aliphatic heterocycles. The predicted molar refractivity (Wildman–Crippen MR) is 105 cm³/mol. The monoisotopic (exact) mass is 407 g/mol. The lowest BCUT2D eigenvalue weighted by atomic mass is 9.78. The van der Waals surface area contributed by atoms with E-state index in [4.69, 9.17) is 9.88 Å². The number of benzene rings is 1. The van der Waals surface area contributed by atoms with Gasteiger partial charge in [0.15, 0.2) is 0 Å². The Bertz CT molecular complexity index is 816. The highest BCUT2D eigenvalue weighted by molar-refractivity contribution is 7.89. The Kier molecular flexibility index (Phi) is 5.48. The Hall–Kier alpha value is -1.48. The number of nitrogens with zero attached hydrogens (tertiary/aromatic N) is 2. The van der Waals surface area contributed by atoms with Crippen molar-refractivity contribution >= 4 is 15.9 Å². The first kappa shape index (κ1) is 19.8. The predicted octanol–water partition coefficient (Wildman–Crippen LogP) is 1.58. The maximum Gasteiger partial charge on any atom is 0.254 e. The van der Waals surface area contributed by atoms with Crippen LogP contribution in [0.5, 0.6) is 0 Å². The van der Waals surface area contributed by atoms with Crippen molar-refractivity contribution in [1.29, 1.82) is 0 Å². The zero-order chi connectivity index (χ0) is 19.8. The number of primary sulfonamides is 1. The van der Waals surface area contributed by atoms with Crippen LogP contribution >= 0.6 is 0 Å². The number of morpholine rings is 1. The Morgan fingerprint density at radius 3 is 2.46 bits per heavy atom. The van der Waals surface area contributed by atoms with Gasteiger partial charge < -0.3 is 9.64 Å². The van der Waals surface area contributed by atoms with E-state index in [1.165, 1.54) is 31.4 Å². The number of hydrogen-bond donors (Lipinski definition) is 1. The summed E-state index contributed by atoms with van der Waals surface area (Å²) in [5.41, 5.74) is 0.204. The van der Waals surface area contributed by atoms with Crippen molar-refractivity contribution in [2.75, 3.05) is 32.8 Å². The minimum absolute atomic E-state index is 0.0175. The highest BCUT2D eigenvalue weighted by atomic mass is 32.2. The molecule has 0 bridgehead atoms. The Morgan fingerprint density at radius 1 is 1.07 bits per heavy atom. The van der Waals surface area contributed by atoms with Crippen LogP contribution in [0.1, 0.15) is 48.9 Å². The molecule has 28 heavy (non-hydrogen) atoms. The van der Waals surface area contributed by atoms with E-state index in [1.807, 2.05) is 4.90 Å². The minimum atomic E-state index is -3.76. The van der Waals surface area contributed by atoms with Crippen molar-refractivity contribution in [1.82, 2.24) is 9.80 Å². The van der Waals surface area contributed by atoms with Crippen LogP contribution in [0.3, 0.4) is 0 Å². The fraction of sp³-hybridized carbons (Fsp3) is 0.650. The van der Waals surface area contributed by atoms with Crippen molar-refractivity contribution in [2.24, 2.45) is 5.14 Å². The molecule has 3 aliphatic rings. The first-order valence-electron chi connectivity index (χ1n) is 10.2. The lowest BCUT2D eigenvalue weighted by molar-refractivity contribution is -0.156. The number of likely N-dealkylation sites (tertiary alicyclic amines) is 1. The van der Waals surface area contributed by atoms with Gasteiger partial charge in [-0.1, -0.05) is 12.8 Å². The number of carbonyl (C=O) groups excluding carboxylic acids is 1. The number of hydrogen-bond acceptors (Lipinski definition) is 5. The van der Waals surface area contributed by atoms with Gasteiger partial charge >= 0.3 is 0 Å². The molecule has 1 aromatic carbocycles. The van der Waals surface area contributed by atoms with E-state index in [0.717, 1.165) is 32.4 Å². The first-order chi connectivity index (χ1) is 13.4. The lowest BCUT2D eigenvalue weighted by Gasteiger charge is -2.52. The van der Waals surface area contributed by atoms with Crippen molar-refractivity contribution < 1.29 is 17.9 Å². The molecule has 4 rings (SSSR count). The number of amides is 1. The number of rotatable bonds is 3. The molecule has 154 valence electrons. The molecule has 0 unspecified atom stereocenters. The summed E-state index contributed by atoms with van der Waals surface area (Å²) < 4.78 is 29.3. The van der Waals surface area contributed by atoms with Crippen molar-refractivity contribution in [2.45, 2.75) is 55.1 Å². The van der Waals surface area contributed by atoms with Crippen LogP contribution in [-0.4, -0.2) is 68.6 Å². The minimum Gasteiger partial charge on any atom is -0.370 e. The molecule has 2 heterocycles. The molecule has 1 aromatic rings. The molecule has 1 aliphatic carbocycles. The van der Waals surface area contributed by atoms with Gasteiger partial charge in [-0.3, -0.25) is 9.69 Å². The molecule has 0 radical (unpaired) electrons. The highest BCUT2D eigenvalue weighted by Gasteiger charge is 2.48. The van der Waals surface area contributed by atoms with Gasteiger partial charge in [-0.05, 0) is 63.0 Å². The summed E-state index contributed by atoms with van der Waals surface area (Å²) in [6, 6.07) is 6.26. The van der Waals surface area contributed by atoms with Crippen molar-refractivity contribution in [3.8, 4) is 0 Å². The molecule has 1 amide bonds. The van der Waals surface area contributed by atoms with Crippen molar-refractivity contribution in [3.05, 3.63) is 29.8 Å². The van der Waals surface area contributed by atoms with Gasteiger partial charge in [-0.15, -0.1) is 0 Å². The summed E-state index contributed by atoms with van der Waals surface area (Å²) in [6.45, 7) is 3.96. The molecule has 7 nitrogen and oxygen atoms in total. The zero-order valence-corrected chi connectivity index (χ0v) is 17.0. The SMILES string of the molecule is NS(=O)(=O)c1ccc(C(=O)N2CCO[C@@]3(CCCC[C@H]3N3CCCC3)C2)cc1. The molecule has 1 spiro atoms. The van der Waals surface area contributed by atoms with Crippen LogP contribution in [0.15, 0.2) is 29.2 Å². The fourth-order valence-electron chi connectivity index (χ4n) is 5.06. The van der Waals surface area contributed by atoms with Gasteiger partial charge in [0.1, 0.15) is 5.60 Å². The lowest BCUT2D eigenvalue weighted by Crippen LogP contribution is -2.64. The average molecular weight is 408 g/mol. The Labute approximate surface area is 166 Å². The molecule has 2 N–H and O–H groups in total. The molecule has 8 heteroatoms. The van der Waals surface area contributed by atoms with Gasteiger partial charge in [-0.25, -0.2) is 13.6 Å². The van der Waals surface area contributed by atoms with E-state index >= 15 is 0 Å². The third kappa shape index (κ3) is 3.83. The van der Waals surface area contributed by atoms with Gasteiger partial charge in [-0.2, -0.15) is 0 Å². The van der Waals surface area contributed by atoms with Gasteiger partial charge in [0.2, 0.25) is 10.0 Å². The molecule has 2 atom stereocenters. The van der Waals surface area contributed by atoms with E-state index in [1.54, 1.807) is 12.1 Å². The van der Waals surface area contributed by atoms with E-state index in [0.29, 0.717) is 31.3 Å². The molecule has 3 fully saturated rings. The van der Waals surface area contributed by atoms with E-state index in [9.17, 15) is 13.2 Å². The van der Waals surface area contributed by atoms with Crippen LogP contribution in [0, 0.1) is 0 Å². The summed E-state index contributed by atoms with van der Waals surface area (Å²) in [6.07, 6.45) is 6.95. The smallest absolute Gasteiger partial charge is 0.254 e. The van der Waals surface area contributed by atoms with Crippen LogP contribution < -0.4 is 5.14 Å². The molecule has 0 aromatic heterocycles. The summed E-state index contributed by atoms with van der Waals surface area (Å²) in [5.74, 6) is -0.0746. The summed E-state index contributed by atoms with van der Waals surface area (Å²) in [7, 11) is -3.76. The maximum absolute atomic E-state index is 13.1. The molecule has 2 saturated heterocycles. The van der Waals surface area contributed by atoms with Crippen LogP contribution in [-0.2, 0) is 14.8 Å². The normalized spacial score (nSPS) is 29.3. The summed E-state index contributed by atoms with van der Waals surface area (Å²) >= 11 is 0. The van der Waals surface area contributed by atoms with Gasteiger partial charge in [0.05, 0.1) is 18.0 Å². The van der Waals surface area contributed by atoms with E-state index < -0.39 is 10.0 Å². The quantitative estimate of drug-likeness (QED) is 0.821. The summed E-state index contributed by atoms with van der Waals surface area (Å²) in [4.78, 5) is 17.6. The summed E-state index contributed by atoms with van der Waals surface area (Å²) in [5, 5.41) is 5.15. The van der Waals surface area contributed by atoms with Crippen LogP contribution in [0.4, 0.5) is 0 Å². The highest BCUT2D eigenvalue weighted by Crippen LogP contribution is 2.39. The van der Waals surface area contributed by atoms with Gasteiger partial charge in [0.25, 0.3) is 5.91 Å². The number of sulfonamides is 1. The second kappa shape index (κ2) is 7.74. The second-order valence-electron chi connectivity index (χ2n) is 8.21. The van der Waals surface area contributed by atoms with Crippen LogP contribution in [0.25, 0.3) is 0 Å². The fourth-order valence-corrected chi connectivity index (χ4v) is 5.58. The van der Waals surface area contributed by atoms with Crippen molar-refractivity contribution in [3.63, 3.8) is 0 Å². The van der Waals surface area contributed by atoms with Gasteiger partial charge in [0, 0.05) is 18.2 Å². The average Bonchev–Trinajstić information content (AvgIpc) is 3.22. The maximum atomic E-state index is 13.1. The van der Waals surface area contributed by atoms with E-state index in [-0.39, 0.29) is 16.4 Å². The third-order valence-electron chi connectivity index (χ3n) is 6.44. The first-order valence-corrected chi connectivity index (χ1v) is 11.7. The second-order valence-corrected chi connectivity index (χ2v) is 9.78. The Balaban J connectivity index is 1.53. The largest absolute Gasteiger partial charge is 0.370 e. The van der Waals surface area contributed by atoms with Crippen LogP contribution in [0.2, 0.25) is 0 Å². The third-order valence-corrected chi connectivity index (χ3v) is 7.37. The standard InChI is InChI=1S/C20H29N3O4S/c21-28(25,26)17-8-6-16(7-9-17)19(24)23-13-14-27-20(15-23)10-2-1-5-18(20)22-11-3-4-12-22/h6-9,18H,1-5,10-15H2,(H2,21,25,26)/t18-,20+/m1/s1. The number of ether oxygens (including phenoxy) is 1. The molecular formula is C20H29N3O4S. The molecular weight excluding hydrogens is 378 g/mol.